The summed E-state index contributed by atoms with van der Waals surface area (Å²) in [5.41, 5.74) is 6.79. The molecule has 1 aliphatic heterocycles. The van der Waals surface area contributed by atoms with Crippen LogP contribution in [0.15, 0.2) is 18.2 Å². The van der Waals surface area contributed by atoms with Gasteiger partial charge in [-0.05, 0) is 23.6 Å². The van der Waals surface area contributed by atoms with Gasteiger partial charge in [-0.2, -0.15) is 0 Å². The number of hydrogen-bond donors (Lipinski definition) is 2. The van der Waals surface area contributed by atoms with E-state index >= 15 is 0 Å². The Balaban J connectivity index is 2.36. The summed E-state index contributed by atoms with van der Waals surface area (Å²) in [6, 6.07) is 3.81. The number of carbonyl (C=O) groups excluding carboxylic acids is 1. The van der Waals surface area contributed by atoms with Gasteiger partial charge < -0.3 is 10.6 Å². The van der Waals surface area contributed by atoms with Crippen LogP contribution in [0.4, 0.5) is 4.39 Å². The van der Waals surface area contributed by atoms with Crippen LogP contribution in [0.1, 0.15) is 25.0 Å². The van der Waals surface area contributed by atoms with Crippen LogP contribution in [0.2, 0.25) is 0 Å². The molecule has 0 aliphatic carbocycles. The summed E-state index contributed by atoms with van der Waals surface area (Å²) >= 11 is 0. The number of hydrogen-bond acceptors (Lipinski definition) is 2. The van der Waals surface area contributed by atoms with E-state index in [-0.39, 0.29) is 17.6 Å². The Labute approximate surface area is 105 Å². The molecule has 0 spiro atoms. The van der Waals surface area contributed by atoms with Crippen molar-refractivity contribution in [2.24, 2.45) is 11.7 Å². The minimum absolute atomic E-state index is 0.00186. The number of nitrogens with two attached hydrogens (primary N) is 1. The van der Waals surface area contributed by atoms with Crippen molar-refractivity contribution in [1.82, 2.24) is 4.90 Å². The van der Waals surface area contributed by atoms with E-state index in [1.807, 2.05) is 13.8 Å². The quantitative estimate of drug-likeness (QED) is 0.851. The Morgan fingerprint density at radius 1 is 1.50 bits per heavy atom. The summed E-state index contributed by atoms with van der Waals surface area (Å²) < 4.78 is 13.2. The van der Waals surface area contributed by atoms with Crippen molar-refractivity contribution in [3.63, 3.8) is 0 Å². The molecule has 3 N–H and O–H groups in total. The number of amides is 1. The fraction of sp³-hybridized carbons (Fsp3) is 0.385. The maximum Gasteiger partial charge on any atom is 0.240 e. The second-order valence-electron chi connectivity index (χ2n) is 4.87. The van der Waals surface area contributed by atoms with E-state index in [2.05, 4.69) is 0 Å². The fourth-order valence-corrected chi connectivity index (χ4v) is 2.40. The van der Waals surface area contributed by atoms with Gasteiger partial charge in [0.25, 0.3) is 0 Å². The number of amidine groups is 1. The van der Waals surface area contributed by atoms with Crippen LogP contribution in [0.3, 0.4) is 0 Å². The highest BCUT2D eigenvalue weighted by molar-refractivity contribution is 6.02. The molecule has 1 aromatic carbocycles. The molecule has 0 saturated carbocycles. The molecule has 1 atom stereocenters. The third-order valence-corrected chi connectivity index (χ3v) is 3.21. The maximum atomic E-state index is 13.2. The van der Waals surface area contributed by atoms with E-state index in [1.165, 1.54) is 12.1 Å². The minimum Gasteiger partial charge on any atom is -0.368 e. The number of nitrogens with one attached hydrogen (secondary N) is 1. The Bertz CT molecular complexity index is 513. The molecule has 2 rings (SSSR count). The van der Waals surface area contributed by atoms with Gasteiger partial charge in [0, 0.05) is 12.1 Å². The van der Waals surface area contributed by atoms with Crippen LogP contribution < -0.4 is 5.73 Å². The van der Waals surface area contributed by atoms with E-state index in [4.69, 9.17) is 11.1 Å². The number of halogens is 1. The number of benzene rings is 1. The normalized spacial score (nSPS) is 16.0. The highest BCUT2D eigenvalue weighted by atomic mass is 19.1. The van der Waals surface area contributed by atoms with E-state index in [0.29, 0.717) is 12.1 Å². The molecule has 0 aromatic heterocycles. The zero-order valence-corrected chi connectivity index (χ0v) is 10.4. The fourth-order valence-electron chi connectivity index (χ4n) is 2.40. The first-order valence-corrected chi connectivity index (χ1v) is 5.85. The molecule has 5 heteroatoms. The average molecular weight is 249 g/mol. The number of primary amides is 1. The largest absolute Gasteiger partial charge is 0.368 e. The lowest BCUT2D eigenvalue weighted by Gasteiger charge is -2.29. The van der Waals surface area contributed by atoms with Crippen molar-refractivity contribution in [2.75, 3.05) is 0 Å². The Hall–Kier alpha value is -1.91. The highest BCUT2D eigenvalue weighted by Gasteiger charge is 2.34. The van der Waals surface area contributed by atoms with Gasteiger partial charge in [-0.25, -0.2) is 4.39 Å². The van der Waals surface area contributed by atoms with E-state index in [9.17, 15) is 9.18 Å². The molecule has 1 amide bonds. The van der Waals surface area contributed by atoms with Gasteiger partial charge in [-0.1, -0.05) is 19.9 Å². The molecule has 18 heavy (non-hydrogen) atoms. The molecular formula is C13H16FN3O. The first kappa shape index (κ1) is 12.5. The topological polar surface area (TPSA) is 70.2 Å². The zero-order chi connectivity index (χ0) is 13.4. The summed E-state index contributed by atoms with van der Waals surface area (Å²) in [6.45, 7) is 4.19. The van der Waals surface area contributed by atoms with Crippen molar-refractivity contribution in [1.29, 1.82) is 5.41 Å². The number of rotatable bonds is 3. The zero-order valence-electron chi connectivity index (χ0n) is 10.4. The predicted octanol–water partition coefficient (Wildman–Crippen LogP) is 1.48. The first-order chi connectivity index (χ1) is 8.41. The lowest BCUT2D eigenvalue weighted by atomic mass is 10.0. The van der Waals surface area contributed by atoms with E-state index in [1.54, 1.807) is 11.0 Å². The number of fused-ring (bicyclic) bond motifs is 1. The van der Waals surface area contributed by atoms with Crippen molar-refractivity contribution in [3.05, 3.63) is 35.1 Å². The van der Waals surface area contributed by atoms with Crippen LogP contribution in [0.25, 0.3) is 0 Å². The summed E-state index contributed by atoms with van der Waals surface area (Å²) in [5.74, 6) is -0.660. The second kappa shape index (κ2) is 4.40. The molecule has 96 valence electrons. The number of carbonyl (C=O) groups is 1. The molecule has 1 aliphatic rings. The van der Waals surface area contributed by atoms with Crippen LogP contribution in [-0.2, 0) is 11.3 Å². The second-order valence-corrected chi connectivity index (χ2v) is 4.87. The molecular weight excluding hydrogens is 233 g/mol. The lowest BCUT2D eigenvalue weighted by Crippen LogP contribution is -2.48. The third kappa shape index (κ3) is 1.96. The van der Waals surface area contributed by atoms with Crippen molar-refractivity contribution >= 4 is 11.7 Å². The first-order valence-electron chi connectivity index (χ1n) is 5.85. The smallest absolute Gasteiger partial charge is 0.240 e. The van der Waals surface area contributed by atoms with E-state index in [0.717, 1.165) is 5.56 Å². The summed E-state index contributed by atoms with van der Waals surface area (Å²) in [5, 5.41) is 8.05. The van der Waals surface area contributed by atoms with Gasteiger partial charge >= 0.3 is 0 Å². The third-order valence-electron chi connectivity index (χ3n) is 3.21. The molecule has 0 fully saturated rings. The average Bonchev–Trinajstić information content (AvgIpc) is 2.56. The van der Waals surface area contributed by atoms with Crippen molar-refractivity contribution in [3.8, 4) is 0 Å². The maximum absolute atomic E-state index is 13.2. The standard InChI is InChI=1S/C13H16FN3O/c1-7(2)11(13(16)18)17-6-8-3-4-9(14)5-10(8)12(17)15/h3-5,7,11,15H,6H2,1-2H3,(H2,16,18). The molecule has 0 radical (unpaired) electrons. The molecule has 1 unspecified atom stereocenters. The van der Waals surface area contributed by atoms with Crippen LogP contribution in [0.5, 0.6) is 0 Å². The summed E-state index contributed by atoms with van der Waals surface area (Å²) in [7, 11) is 0. The van der Waals surface area contributed by atoms with Crippen molar-refractivity contribution in [2.45, 2.75) is 26.4 Å². The number of nitrogens with zero attached hydrogens (tertiary/aromatic N) is 1. The SMILES string of the molecule is CC(C)C(C(N)=O)N1Cc2ccc(F)cc2C1=N. The summed E-state index contributed by atoms with van der Waals surface area (Å²) in [6.07, 6.45) is 0. The van der Waals surface area contributed by atoms with Crippen LogP contribution in [0, 0.1) is 17.1 Å². The Kier molecular flexibility index (Phi) is 3.07. The van der Waals surface area contributed by atoms with Gasteiger partial charge in [0.2, 0.25) is 5.91 Å². The Morgan fingerprint density at radius 2 is 2.17 bits per heavy atom. The molecule has 1 heterocycles. The van der Waals surface area contributed by atoms with Gasteiger partial charge in [0.1, 0.15) is 17.7 Å². The van der Waals surface area contributed by atoms with Crippen molar-refractivity contribution < 1.29 is 9.18 Å². The van der Waals surface area contributed by atoms with Crippen LogP contribution in [-0.4, -0.2) is 22.7 Å². The lowest BCUT2D eigenvalue weighted by molar-refractivity contribution is -0.123. The minimum atomic E-state index is -0.534. The van der Waals surface area contributed by atoms with Gasteiger partial charge in [0.05, 0.1) is 0 Å². The highest BCUT2D eigenvalue weighted by Crippen LogP contribution is 2.27. The predicted molar refractivity (Wildman–Crippen MR) is 66.6 cm³/mol. The summed E-state index contributed by atoms with van der Waals surface area (Å²) in [4.78, 5) is 13.1. The Morgan fingerprint density at radius 3 is 2.72 bits per heavy atom. The molecule has 0 bridgehead atoms. The van der Waals surface area contributed by atoms with Gasteiger partial charge in [-0.15, -0.1) is 0 Å². The molecule has 0 saturated heterocycles. The molecule has 4 nitrogen and oxygen atoms in total. The van der Waals surface area contributed by atoms with E-state index < -0.39 is 11.9 Å². The van der Waals surface area contributed by atoms with Crippen LogP contribution >= 0.6 is 0 Å². The molecule has 1 aromatic rings. The van der Waals surface area contributed by atoms with Gasteiger partial charge in [-0.3, -0.25) is 10.2 Å². The monoisotopic (exact) mass is 249 g/mol. The van der Waals surface area contributed by atoms with Gasteiger partial charge in [0.15, 0.2) is 0 Å².